The number of alkyl halides is 3. The zero-order valence-electron chi connectivity index (χ0n) is 9.18. The van der Waals surface area contributed by atoms with Gasteiger partial charge in [0, 0.05) is 4.47 Å². The normalized spacial score (nSPS) is 12.7. The van der Waals surface area contributed by atoms with E-state index in [1.54, 1.807) is 6.07 Å². The van der Waals surface area contributed by atoms with Gasteiger partial charge in [0.05, 0.1) is 17.3 Å². The average Bonchev–Trinajstić information content (AvgIpc) is 2.29. The number of nitriles is 1. The molecule has 1 amide bonds. The SMILES string of the molecule is CC(C#N)C(=O)Nc1cc(C(F)(F)F)ccc1Br. The first-order chi connectivity index (χ1) is 8.25. The van der Waals surface area contributed by atoms with Crippen molar-refractivity contribution in [1.29, 1.82) is 5.26 Å². The van der Waals surface area contributed by atoms with Crippen LogP contribution in [0, 0.1) is 17.2 Å². The Morgan fingerprint density at radius 1 is 1.50 bits per heavy atom. The summed E-state index contributed by atoms with van der Waals surface area (Å²) in [5.74, 6) is -1.59. The lowest BCUT2D eigenvalue weighted by Gasteiger charge is -2.12. The highest BCUT2D eigenvalue weighted by Crippen LogP contribution is 2.34. The number of carbonyl (C=O) groups excluding carboxylic acids is 1. The van der Waals surface area contributed by atoms with Gasteiger partial charge in [0.15, 0.2) is 0 Å². The van der Waals surface area contributed by atoms with Crippen molar-refractivity contribution in [1.82, 2.24) is 0 Å². The molecule has 0 spiro atoms. The first kappa shape index (κ1) is 14.5. The number of halogens is 4. The summed E-state index contributed by atoms with van der Waals surface area (Å²) in [6.45, 7) is 1.36. The Morgan fingerprint density at radius 3 is 2.61 bits per heavy atom. The van der Waals surface area contributed by atoms with Crippen LogP contribution in [0.2, 0.25) is 0 Å². The summed E-state index contributed by atoms with van der Waals surface area (Å²) in [6, 6.07) is 4.60. The highest BCUT2D eigenvalue weighted by Gasteiger charge is 2.31. The Hall–Kier alpha value is -1.55. The van der Waals surface area contributed by atoms with E-state index in [2.05, 4.69) is 21.2 Å². The number of rotatable bonds is 2. The molecule has 7 heteroatoms. The van der Waals surface area contributed by atoms with E-state index in [0.717, 1.165) is 12.1 Å². The molecule has 1 aromatic carbocycles. The van der Waals surface area contributed by atoms with Gasteiger partial charge in [-0.15, -0.1) is 0 Å². The van der Waals surface area contributed by atoms with Crippen molar-refractivity contribution >= 4 is 27.5 Å². The first-order valence-corrected chi connectivity index (χ1v) is 5.62. The molecule has 0 aromatic heterocycles. The lowest BCUT2D eigenvalue weighted by molar-refractivity contribution is -0.137. The second-order valence-electron chi connectivity index (χ2n) is 3.53. The molecule has 3 nitrogen and oxygen atoms in total. The Labute approximate surface area is 110 Å². The number of anilines is 1. The molecule has 1 rings (SSSR count). The van der Waals surface area contributed by atoms with Crippen molar-refractivity contribution < 1.29 is 18.0 Å². The third-order valence-corrected chi connectivity index (χ3v) is 2.83. The van der Waals surface area contributed by atoms with Crippen molar-refractivity contribution in [2.45, 2.75) is 13.1 Å². The minimum absolute atomic E-state index is 0.0167. The van der Waals surface area contributed by atoms with Crippen molar-refractivity contribution in [3.63, 3.8) is 0 Å². The number of nitrogens with zero attached hydrogens (tertiary/aromatic N) is 1. The fourth-order valence-electron chi connectivity index (χ4n) is 1.10. The van der Waals surface area contributed by atoms with Crippen molar-refractivity contribution in [3.8, 4) is 6.07 Å². The molecule has 1 aromatic rings. The number of hydrogen-bond acceptors (Lipinski definition) is 2. The Bertz CT molecular complexity index is 508. The minimum atomic E-state index is -4.49. The molecule has 0 saturated carbocycles. The van der Waals surface area contributed by atoms with Crippen LogP contribution < -0.4 is 5.32 Å². The average molecular weight is 321 g/mol. The molecule has 1 N–H and O–H groups in total. The highest BCUT2D eigenvalue weighted by atomic mass is 79.9. The summed E-state index contributed by atoms with van der Waals surface area (Å²) in [5.41, 5.74) is -0.887. The van der Waals surface area contributed by atoms with E-state index in [-0.39, 0.29) is 5.69 Å². The van der Waals surface area contributed by atoms with Crippen LogP contribution in [-0.2, 0) is 11.0 Å². The van der Waals surface area contributed by atoms with E-state index in [4.69, 9.17) is 5.26 Å². The van der Waals surface area contributed by atoms with Gasteiger partial charge in [-0.3, -0.25) is 4.79 Å². The van der Waals surface area contributed by atoms with Gasteiger partial charge in [-0.05, 0) is 41.1 Å². The van der Waals surface area contributed by atoms with Crippen molar-refractivity contribution in [3.05, 3.63) is 28.2 Å². The van der Waals surface area contributed by atoms with Gasteiger partial charge in [-0.2, -0.15) is 18.4 Å². The molecule has 1 unspecified atom stereocenters. The van der Waals surface area contributed by atoms with Crippen LogP contribution in [0.1, 0.15) is 12.5 Å². The molecule has 0 aliphatic rings. The van der Waals surface area contributed by atoms with Crippen LogP contribution in [0.15, 0.2) is 22.7 Å². The number of benzene rings is 1. The zero-order valence-corrected chi connectivity index (χ0v) is 10.8. The maximum Gasteiger partial charge on any atom is 0.416 e. The Morgan fingerprint density at radius 2 is 2.11 bits per heavy atom. The van der Waals surface area contributed by atoms with E-state index in [0.29, 0.717) is 4.47 Å². The summed E-state index contributed by atoms with van der Waals surface area (Å²) in [5, 5.41) is 10.8. The third-order valence-electron chi connectivity index (χ3n) is 2.14. The largest absolute Gasteiger partial charge is 0.416 e. The van der Waals surface area contributed by atoms with Crippen LogP contribution >= 0.6 is 15.9 Å². The van der Waals surface area contributed by atoms with Gasteiger partial charge in [0.25, 0.3) is 0 Å². The smallest absolute Gasteiger partial charge is 0.324 e. The minimum Gasteiger partial charge on any atom is -0.324 e. The predicted octanol–water partition coefficient (Wildman–Crippen LogP) is 3.57. The van der Waals surface area contributed by atoms with Crippen LogP contribution in [0.4, 0.5) is 18.9 Å². The summed E-state index contributed by atoms with van der Waals surface area (Å²) >= 11 is 3.03. The van der Waals surface area contributed by atoms with Gasteiger partial charge in [0.1, 0.15) is 5.92 Å². The van der Waals surface area contributed by atoms with E-state index < -0.39 is 23.6 Å². The van der Waals surface area contributed by atoms with E-state index in [1.807, 2.05) is 0 Å². The molecule has 0 aliphatic carbocycles. The summed E-state index contributed by atoms with van der Waals surface area (Å²) in [4.78, 5) is 11.4. The number of amides is 1. The molecule has 0 fully saturated rings. The fourth-order valence-corrected chi connectivity index (χ4v) is 1.44. The second-order valence-corrected chi connectivity index (χ2v) is 4.39. The van der Waals surface area contributed by atoms with E-state index in [1.165, 1.54) is 13.0 Å². The first-order valence-electron chi connectivity index (χ1n) is 4.83. The van der Waals surface area contributed by atoms with Gasteiger partial charge >= 0.3 is 6.18 Å². The van der Waals surface area contributed by atoms with Crippen molar-refractivity contribution in [2.75, 3.05) is 5.32 Å². The van der Waals surface area contributed by atoms with Crippen molar-refractivity contribution in [2.24, 2.45) is 5.92 Å². The second kappa shape index (κ2) is 5.40. The summed E-state index contributed by atoms with van der Waals surface area (Å²) in [7, 11) is 0. The molecule has 0 saturated heterocycles. The van der Waals surface area contributed by atoms with E-state index >= 15 is 0 Å². The van der Waals surface area contributed by atoms with Gasteiger partial charge in [0.2, 0.25) is 5.91 Å². The summed E-state index contributed by atoms with van der Waals surface area (Å²) in [6.07, 6.45) is -4.49. The monoisotopic (exact) mass is 320 g/mol. The molecule has 18 heavy (non-hydrogen) atoms. The van der Waals surface area contributed by atoms with E-state index in [9.17, 15) is 18.0 Å². The molecular weight excluding hydrogens is 313 g/mol. The van der Waals surface area contributed by atoms with Gasteiger partial charge < -0.3 is 5.32 Å². The third kappa shape index (κ3) is 3.47. The molecule has 0 heterocycles. The molecule has 1 atom stereocenters. The van der Waals surface area contributed by atoms with Gasteiger partial charge in [-0.1, -0.05) is 0 Å². The number of hydrogen-bond donors (Lipinski definition) is 1. The molecule has 96 valence electrons. The topological polar surface area (TPSA) is 52.9 Å². The fraction of sp³-hybridized carbons (Fsp3) is 0.273. The van der Waals surface area contributed by atoms with Crippen LogP contribution in [-0.4, -0.2) is 5.91 Å². The Kier molecular flexibility index (Phi) is 4.35. The van der Waals surface area contributed by atoms with Crippen LogP contribution in [0.25, 0.3) is 0 Å². The van der Waals surface area contributed by atoms with Gasteiger partial charge in [-0.25, -0.2) is 0 Å². The Balaban J connectivity index is 3.03. The predicted molar refractivity (Wildman–Crippen MR) is 62.6 cm³/mol. The molecule has 0 bridgehead atoms. The molecule has 0 aliphatic heterocycles. The zero-order chi connectivity index (χ0) is 13.9. The highest BCUT2D eigenvalue weighted by molar-refractivity contribution is 9.10. The number of carbonyl (C=O) groups is 1. The summed E-state index contributed by atoms with van der Waals surface area (Å²) < 4.78 is 37.8. The maximum absolute atomic E-state index is 12.5. The quantitative estimate of drug-likeness (QED) is 0.905. The van der Waals surface area contributed by atoms with Crippen LogP contribution in [0.5, 0.6) is 0 Å². The lowest BCUT2D eigenvalue weighted by atomic mass is 10.1. The number of nitrogens with one attached hydrogen (secondary N) is 1. The maximum atomic E-state index is 12.5. The lowest BCUT2D eigenvalue weighted by Crippen LogP contribution is -2.19. The standard InChI is InChI=1S/C11H8BrF3N2O/c1-6(5-16)10(18)17-9-4-7(11(13,14)15)2-3-8(9)12/h2-4,6H,1H3,(H,17,18). The molecular formula is C11H8BrF3N2O. The molecule has 0 radical (unpaired) electrons. The van der Waals surface area contributed by atoms with Crippen LogP contribution in [0.3, 0.4) is 0 Å².